The molecule has 1 aromatic heterocycles. The number of hydrogen-bond donors (Lipinski definition) is 3. The van der Waals surface area contributed by atoms with Gasteiger partial charge in [0.15, 0.2) is 0 Å². The van der Waals surface area contributed by atoms with Gasteiger partial charge in [-0.3, -0.25) is 14.9 Å². The highest BCUT2D eigenvalue weighted by Crippen LogP contribution is 2.31. The number of hydrogen-bond acceptors (Lipinski definition) is 4. The van der Waals surface area contributed by atoms with Gasteiger partial charge in [-0.1, -0.05) is 42.5 Å². The molecule has 1 amide bonds. The van der Waals surface area contributed by atoms with Gasteiger partial charge >= 0.3 is 5.97 Å². The first-order chi connectivity index (χ1) is 15.9. The third-order valence-corrected chi connectivity index (χ3v) is 5.39. The number of nitrogens with one attached hydrogen (secondary N) is 1. The predicted molar refractivity (Wildman–Crippen MR) is 123 cm³/mol. The van der Waals surface area contributed by atoms with Crippen molar-refractivity contribution in [1.82, 2.24) is 5.32 Å². The molecule has 1 unspecified atom stereocenters. The number of carbonyl (C=O) groups excluding carboxylic acids is 1. The van der Waals surface area contributed by atoms with Gasteiger partial charge in [0.2, 0.25) is 5.91 Å². The normalized spacial score (nSPS) is 12.0. The van der Waals surface area contributed by atoms with Gasteiger partial charge in [0.05, 0.1) is 12.0 Å². The largest absolute Gasteiger partial charge is 0.480 e. The summed E-state index contributed by atoms with van der Waals surface area (Å²) >= 11 is 0. The number of nitrogens with two attached hydrogens (primary N) is 1. The van der Waals surface area contributed by atoms with E-state index in [4.69, 9.17) is 15.3 Å². The molecule has 0 saturated carbocycles. The van der Waals surface area contributed by atoms with E-state index in [-0.39, 0.29) is 13.0 Å². The average Bonchev–Trinajstić information content (AvgIpc) is 3.20. The first-order valence-electron chi connectivity index (χ1n) is 10.5. The van der Waals surface area contributed by atoms with Gasteiger partial charge in [-0.05, 0) is 53.4 Å². The maximum atomic E-state index is 14.8. The highest BCUT2D eigenvalue weighted by Gasteiger charge is 2.19. The summed E-state index contributed by atoms with van der Waals surface area (Å²) in [4.78, 5) is 22.2. The molecule has 168 valence electrons. The zero-order valence-electron chi connectivity index (χ0n) is 17.8. The van der Waals surface area contributed by atoms with E-state index < -0.39 is 23.7 Å². The fourth-order valence-electron chi connectivity index (χ4n) is 3.72. The van der Waals surface area contributed by atoms with Crippen molar-refractivity contribution < 1.29 is 23.5 Å². The lowest BCUT2D eigenvalue weighted by atomic mass is 10.0. The summed E-state index contributed by atoms with van der Waals surface area (Å²) in [6, 6.07) is 21.3. The van der Waals surface area contributed by atoms with Crippen LogP contribution in [0.2, 0.25) is 0 Å². The number of primary amides is 1. The van der Waals surface area contributed by atoms with Crippen molar-refractivity contribution in [2.75, 3.05) is 0 Å². The Labute approximate surface area is 189 Å². The Kier molecular flexibility index (Phi) is 6.51. The predicted octanol–water partition coefficient (Wildman–Crippen LogP) is 4.25. The van der Waals surface area contributed by atoms with Crippen molar-refractivity contribution in [2.24, 2.45) is 5.73 Å². The van der Waals surface area contributed by atoms with Crippen LogP contribution in [-0.2, 0) is 22.6 Å². The first-order valence-corrected chi connectivity index (χ1v) is 10.5. The molecular formula is C26H23FN2O4. The average molecular weight is 446 g/mol. The van der Waals surface area contributed by atoms with E-state index in [9.17, 15) is 14.0 Å². The summed E-state index contributed by atoms with van der Waals surface area (Å²) in [5.41, 5.74) is 8.93. The molecule has 0 bridgehead atoms. The van der Waals surface area contributed by atoms with E-state index in [0.717, 1.165) is 17.4 Å². The van der Waals surface area contributed by atoms with Gasteiger partial charge in [-0.25, -0.2) is 4.39 Å². The fraction of sp³-hybridized carbons (Fsp3) is 0.154. The number of rotatable bonds is 9. The number of fused-ring (bicyclic) bond motifs is 1. The molecule has 7 heteroatoms. The summed E-state index contributed by atoms with van der Waals surface area (Å²) in [6.07, 6.45) is 0.446. The number of amides is 1. The van der Waals surface area contributed by atoms with Crippen molar-refractivity contribution in [2.45, 2.75) is 25.4 Å². The number of aliphatic carboxylic acids is 1. The number of carboxylic acids is 1. The van der Waals surface area contributed by atoms with Gasteiger partial charge in [0.1, 0.15) is 23.2 Å². The second-order valence-corrected chi connectivity index (χ2v) is 7.90. The fourth-order valence-corrected chi connectivity index (χ4v) is 3.72. The SMILES string of the molecule is NC(=O)CC(NCc1ccc(-c2cc3cc(Cc4ccccc4)ccc3o2)c(F)c1)C(=O)O. The molecule has 0 radical (unpaired) electrons. The molecule has 1 atom stereocenters. The number of benzene rings is 3. The minimum absolute atomic E-state index is 0.0738. The second kappa shape index (κ2) is 9.67. The van der Waals surface area contributed by atoms with Crippen molar-refractivity contribution >= 4 is 22.8 Å². The van der Waals surface area contributed by atoms with E-state index in [0.29, 0.717) is 22.5 Å². The lowest BCUT2D eigenvalue weighted by molar-refractivity contribution is -0.141. The van der Waals surface area contributed by atoms with Crippen LogP contribution in [0, 0.1) is 5.82 Å². The van der Waals surface area contributed by atoms with Gasteiger partial charge in [-0.15, -0.1) is 0 Å². The molecule has 4 N–H and O–H groups in total. The topological polar surface area (TPSA) is 106 Å². The molecule has 1 heterocycles. The molecule has 0 aliphatic carbocycles. The monoisotopic (exact) mass is 446 g/mol. The summed E-state index contributed by atoms with van der Waals surface area (Å²) in [7, 11) is 0. The van der Waals surface area contributed by atoms with E-state index >= 15 is 0 Å². The van der Waals surface area contributed by atoms with Crippen LogP contribution in [0.15, 0.2) is 77.2 Å². The molecule has 0 spiro atoms. The van der Waals surface area contributed by atoms with Crippen molar-refractivity contribution in [3.05, 3.63) is 95.3 Å². The maximum absolute atomic E-state index is 14.8. The quantitative estimate of drug-likeness (QED) is 0.357. The van der Waals surface area contributed by atoms with Crippen LogP contribution in [0.1, 0.15) is 23.1 Å². The summed E-state index contributed by atoms with van der Waals surface area (Å²) in [6.45, 7) is 0.0738. The molecule has 33 heavy (non-hydrogen) atoms. The van der Waals surface area contributed by atoms with Crippen LogP contribution in [0.5, 0.6) is 0 Å². The van der Waals surface area contributed by atoms with Gasteiger partial charge in [0.25, 0.3) is 0 Å². The number of halogens is 1. The Morgan fingerprint density at radius 1 is 0.970 bits per heavy atom. The lowest BCUT2D eigenvalue weighted by Gasteiger charge is -2.13. The zero-order chi connectivity index (χ0) is 23.4. The van der Waals surface area contributed by atoms with Crippen LogP contribution < -0.4 is 11.1 Å². The Balaban J connectivity index is 1.51. The van der Waals surface area contributed by atoms with Gasteiger partial charge < -0.3 is 15.3 Å². The molecule has 0 aliphatic heterocycles. The van der Waals surface area contributed by atoms with Crippen molar-refractivity contribution in [3.8, 4) is 11.3 Å². The summed E-state index contributed by atoms with van der Waals surface area (Å²) in [5, 5.41) is 12.8. The molecule has 3 aromatic carbocycles. The van der Waals surface area contributed by atoms with E-state index in [1.54, 1.807) is 12.1 Å². The number of carbonyl (C=O) groups is 2. The van der Waals surface area contributed by atoms with Crippen LogP contribution in [0.3, 0.4) is 0 Å². The van der Waals surface area contributed by atoms with Crippen LogP contribution in [-0.4, -0.2) is 23.0 Å². The Hall–Kier alpha value is -3.97. The molecule has 0 aliphatic rings. The van der Waals surface area contributed by atoms with E-state index in [2.05, 4.69) is 17.4 Å². The van der Waals surface area contributed by atoms with E-state index in [1.165, 1.54) is 11.6 Å². The van der Waals surface area contributed by atoms with Gasteiger partial charge in [-0.2, -0.15) is 0 Å². The third kappa shape index (κ3) is 5.45. The van der Waals surface area contributed by atoms with Crippen LogP contribution >= 0.6 is 0 Å². The summed E-state index contributed by atoms with van der Waals surface area (Å²) < 4.78 is 20.7. The Morgan fingerprint density at radius 2 is 1.73 bits per heavy atom. The zero-order valence-corrected chi connectivity index (χ0v) is 17.8. The Morgan fingerprint density at radius 3 is 2.42 bits per heavy atom. The smallest absolute Gasteiger partial charge is 0.321 e. The third-order valence-electron chi connectivity index (χ3n) is 5.39. The first kappa shape index (κ1) is 22.2. The van der Waals surface area contributed by atoms with E-state index in [1.807, 2.05) is 42.5 Å². The number of carboxylic acid groups (broad SMARTS) is 1. The van der Waals surface area contributed by atoms with Crippen molar-refractivity contribution in [1.29, 1.82) is 0 Å². The lowest BCUT2D eigenvalue weighted by Crippen LogP contribution is -2.39. The van der Waals surface area contributed by atoms with Crippen LogP contribution in [0.25, 0.3) is 22.3 Å². The minimum Gasteiger partial charge on any atom is -0.480 e. The second-order valence-electron chi connectivity index (χ2n) is 7.90. The Bertz CT molecular complexity index is 1300. The molecular weight excluding hydrogens is 423 g/mol. The summed E-state index contributed by atoms with van der Waals surface area (Å²) in [5.74, 6) is -2.00. The maximum Gasteiger partial charge on any atom is 0.321 e. The standard InChI is InChI=1S/C26H23FN2O4/c27-21-12-18(15-29-22(26(31)32)14-25(28)30)6-8-20(21)24-13-19-11-17(7-9-23(19)33-24)10-16-4-2-1-3-5-16/h1-9,11-13,22,29H,10,14-15H2,(H2,28,30)(H,31,32). The van der Waals surface area contributed by atoms with Crippen LogP contribution in [0.4, 0.5) is 4.39 Å². The van der Waals surface area contributed by atoms with Crippen molar-refractivity contribution in [3.63, 3.8) is 0 Å². The van der Waals surface area contributed by atoms with Gasteiger partial charge in [0, 0.05) is 11.9 Å². The molecule has 0 saturated heterocycles. The molecule has 6 nitrogen and oxygen atoms in total. The molecule has 0 fully saturated rings. The highest BCUT2D eigenvalue weighted by atomic mass is 19.1. The minimum atomic E-state index is -1.19. The molecule has 4 aromatic rings. The highest BCUT2D eigenvalue weighted by molar-refractivity contribution is 5.84. The number of furan rings is 1. The molecule has 4 rings (SSSR count).